The number of aryl methyl sites for hydroxylation is 2. The first-order chi connectivity index (χ1) is 12.7. The maximum atomic E-state index is 12.6. The molecule has 2 heterocycles. The number of nitrogens with zero attached hydrogens (tertiary/aromatic N) is 2. The topological polar surface area (TPSA) is 70.8 Å². The molecule has 1 saturated heterocycles. The average Bonchev–Trinajstić information content (AvgIpc) is 2.99. The van der Waals surface area contributed by atoms with Crippen molar-refractivity contribution >= 4 is 21.4 Å². The van der Waals surface area contributed by atoms with E-state index in [2.05, 4.69) is 0 Å². The van der Waals surface area contributed by atoms with Crippen LogP contribution in [0.1, 0.15) is 21.9 Å². The van der Waals surface area contributed by atoms with Gasteiger partial charge in [-0.2, -0.15) is 8.78 Å². The van der Waals surface area contributed by atoms with Gasteiger partial charge in [0.05, 0.1) is 10.5 Å². The van der Waals surface area contributed by atoms with Gasteiger partial charge in [0, 0.05) is 31.9 Å². The Morgan fingerprint density at radius 1 is 1.07 bits per heavy atom. The van der Waals surface area contributed by atoms with Crippen LogP contribution in [0.15, 0.2) is 39.6 Å². The molecule has 0 atom stereocenters. The number of furan rings is 1. The van der Waals surface area contributed by atoms with Crippen molar-refractivity contribution in [3.8, 4) is 0 Å². The smallest absolute Gasteiger partial charge is 0.341 e. The summed E-state index contributed by atoms with van der Waals surface area (Å²) in [4.78, 5) is 15.9. The molecular weight excluding hydrogens is 378 g/mol. The van der Waals surface area contributed by atoms with Crippen molar-refractivity contribution in [2.45, 2.75) is 24.5 Å². The number of alkyl halides is 2. The third kappa shape index (κ3) is 3.83. The van der Waals surface area contributed by atoms with Crippen LogP contribution in [0.25, 0.3) is 0 Å². The molecule has 1 aliphatic rings. The van der Waals surface area contributed by atoms with E-state index in [4.69, 9.17) is 4.42 Å². The van der Waals surface area contributed by atoms with E-state index in [-0.39, 0.29) is 5.91 Å². The molecule has 0 saturated carbocycles. The molecule has 0 unspecified atom stereocenters. The van der Waals surface area contributed by atoms with E-state index in [1.165, 1.54) is 24.3 Å². The lowest BCUT2D eigenvalue weighted by Gasteiger charge is -2.36. The van der Waals surface area contributed by atoms with E-state index in [0.717, 1.165) is 5.69 Å². The number of hydrogen-bond donors (Lipinski definition) is 0. The van der Waals surface area contributed by atoms with E-state index >= 15 is 0 Å². The van der Waals surface area contributed by atoms with Crippen LogP contribution in [0, 0.1) is 13.8 Å². The lowest BCUT2D eigenvalue weighted by molar-refractivity contribution is 0.0745. The first-order valence-electron chi connectivity index (χ1n) is 8.43. The van der Waals surface area contributed by atoms with Gasteiger partial charge in [-0.3, -0.25) is 4.79 Å². The zero-order chi connectivity index (χ0) is 19.8. The molecule has 146 valence electrons. The van der Waals surface area contributed by atoms with Crippen LogP contribution in [-0.4, -0.2) is 51.2 Å². The number of amides is 1. The predicted molar refractivity (Wildman–Crippen MR) is 95.9 cm³/mol. The van der Waals surface area contributed by atoms with Crippen molar-refractivity contribution in [1.29, 1.82) is 0 Å². The molecule has 2 aromatic rings. The van der Waals surface area contributed by atoms with E-state index < -0.39 is 20.5 Å². The third-order valence-corrected chi connectivity index (χ3v) is 6.00. The number of benzene rings is 1. The van der Waals surface area contributed by atoms with E-state index in [0.29, 0.717) is 43.3 Å². The molecule has 0 aliphatic carbocycles. The van der Waals surface area contributed by atoms with Gasteiger partial charge in [-0.15, -0.1) is 0 Å². The summed E-state index contributed by atoms with van der Waals surface area (Å²) in [6.07, 6.45) is 0. The summed E-state index contributed by atoms with van der Waals surface area (Å²) < 4.78 is 53.6. The Morgan fingerprint density at radius 2 is 1.67 bits per heavy atom. The minimum Gasteiger partial charge on any atom is -0.466 e. The average molecular weight is 398 g/mol. The fourth-order valence-corrected chi connectivity index (χ4v) is 3.85. The zero-order valence-corrected chi connectivity index (χ0v) is 15.8. The van der Waals surface area contributed by atoms with Crippen molar-refractivity contribution in [1.82, 2.24) is 4.90 Å². The highest BCUT2D eigenvalue weighted by molar-refractivity contribution is 7.91. The second-order valence-corrected chi connectivity index (χ2v) is 8.32. The van der Waals surface area contributed by atoms with Crippen LogP contribution in [-0.2, 0) is 9.84 Å². The minimum absolute atomic E-state index is 0.0811. The number of halogens is 2. The van der Waals surface area contributed by atoms with Gasteiger partial charge in [0.1, 0.15) is 11.5 Å². The van der Waals surface area contributed by atoms with Crippen molar-refractivity contribution in [3.05, 3.63) is 47.4 Å². The Bertz CT molecular complexity index is 931. The Labute approximate surface area is 156 Å². The van der Waals surface area contributed by atoms with Crippen LogP contribution < -0.4 is 4.90 Å². The van der Waals surface area contributed by atoms with Crippen molar-refractivity contribution in [3.63, 3.8) is 0 Å². The lowest BCUT2D eigenvalue weighted by atomic mass is 10.2. The number of carbonyl (C=O) groups is 1. The number of sulfone groups is 1. The Kier molecular flexibility index (Phi) is 5.23. The van der Waals surface area contributed by atoms with Gasteiger partial charge in [0.25, 0.3) is 5.91 Å². The Balaban J connectivity index is 1.66. The van der Waals surface area contributed by atoms with Crippen LogP contribution >= 0.6 is 0 Å². The SMILES string of the molecule is Cc1cc(C(=O)N2CCN(c3ccc(S(=O)(=O)C(F)F)cc3)CC2)c(C)o1. The van der Waals surface area contributed by atoms with Crippen LogP contribution in [0.2, 0.25) is 0 Å². The van der Waals surface area contributed by atoms with E-state index in [1.807, 2.05) is 4.90 Å². The van der Waals surface area contributed by atoms with Crippen LogP contribution in [0.3, 0.4) is 0 Å². The second-order valence-electron chi connectivity index (χ2n) is 6.41. The van der Waals surface area contributed by atoms with Gasteiger partial charge in [-0.05, 0) is 44.2 Å². The first-order valence-corrected chi connectivity index (χ1v) is 9.98. The molecule has 1 amide bonds. The number of carbonyl (C=O) groups excluding carboxylic acids is 1. The standard InChI is InChI=1S/C18H20F2N2O4S/c1-12-11-16(13(2)26-12)17(23)22-9-7-21(8-10-22)14-3-5-15(6-4-14)27(24,25)18(19)20/h3-6,11,18H,7-10H2,1-2H3. The van der Waals surface area contributed by atoms with Crippen molar-refractivity contribution in [2.75, 3.05) is 31.1 Å². The Hall–Kier alpha value is -2.42. The third-order valence-electron chi connectivity index (χ3n) is 4.60. The Morgan fingerprint density at radius 3 is 2.15 bits per heavy atom. The van der Waals surface area contributed by atoms with Crippen LogP contribution in [0.4, 0.5) is 14.5 Å². The molecule has 1 aliphatic heterocycles. The highest BCUT2D eigenvalue weighted by Crippen LogP contribution is 2.24. The van der Waals surface area contributed by atoms with Crippen molar-refractivity contribution < 1.29 is 26.4 Å². The molecule has 27 heavy (non-hydrogen) atoms. The van der Waals surface area contributed by atoms with Crippen molar-refractivity contribution in [2.24, 2.45) is 0 Å². The second kappa shape index (κ2) is 7.30. The number of anilines is 1. The molecule has 3 rings (SSSR count). The van der Waals surface area contributed by atoms with E-state index in [9.17, 15) is 22.0 Å². The molecule has 0 spiro atoms. The molecule has 0 radical (unpaired) electrons. The maximum absolute atomic E-state index is 12.6. The molecule has 0 bridgehead atoms. The van der Waals surface area contributed by atoms with Gasteiger partial charge >= 0.3 is 5.76 Å². The summed E-state index contributed by atoms with van der Waals surface area (Å²) in [6.45, 7) is 5.66. The monoisotopic (exact) mass is 398 g/mol. The summed E-state index contributed by atoms with van der Waals surface area (Å²) in [5.41, 5.74) is 1.29. The molecule has 0 N–H and O–H groups in total. The summed E-state index contributed by atoms with van der Waals surface area (Å²) in [6, 6.07) is 7.12. The summed E-state index contributed by atoms with van der Waals surface area (Å²) in [5.74, 6) is -2.24. The van der Waals surface area contributed by atoms with Gasteiger partial charge < -0.3 is 14.2 Å². The highest BCUT2D eigenvalue weighted by Gasteiger charge is 2.28. The summed E-state index contributed by atoms with van der Waals surface area (Å²) in [5, 5.41) is 0. The molecular formula is C18H20F2N2O4S. The molecule has 1 aromatic heterocycles. The molecule has 1 fully saturated rings. The first kappa shape index (κ1) is 19.3. The van der Waals surface area contributed by atoms with E-state index in [1.54, 1.807) is 24.8 Å². The maximum Gasteiger partial charge on any atom is 0.341 e. The fourth-order valence-electron chi connectivity index (χ4n) is 3.13. The number of rotatable bonds is 4. The van der Waals surface area contributed by atoms with Crippen LogP contribution in [0.5, 0.6) is 0 Å². The van der Waals surface area contributed by atoms with Gasteiger partial charge in [-0.1, -0.05) is 0 Å². The highest BCUT2D eigenvalue weighted by atomic mass is 32.2. The van der Waals surface area contributed by atoms with Gasteiger partial charge in [0.2, 0.25) is 9.84 Å². The zero-order valence-electron chi connectivity index (χ0n) is 15.0. The van der Waals surface area contributed by atoms with Gasteiger partial charge in [0.15, 0.2) is 0 Å². The largest absolute Gasteiger partial charge is 0.466 e. The lowest BCUT2D eigenvalue weighted by Crippen LogP contribution is -2.48. The minimum atomic E-state index is -4.59. The number of hydrogen-bond acceptors (Lipinski definition) is 5. The normalized spacial score (nSPS) is 15.4. The molecule has 1 aromatic carbocycles. The summed E-state index contributed by atoms with van der Waals surface area (Å²) in [7, 11) is -4.59. The number of piperazine rings is 1. The summed E-state index contributed by atoms with van der Waals surface area (Å²) >= 11 is 0. The predicted octanol–water partition coefficient (Wildman–Crippen LogP) is 2.86. The molecule has 9 heteroatoms. The molecule has 6 nitrogen and oxygen atoms in total. The van der Waals surface area contributed by atoms with Gasteiger partial charge in [-0.25, -0.2) is 8.42 Å². The fraction of sp³-hybridized carbons (Fsp3) is 0.389. The quantitative estimate of drug-likeness (QED) is 0.792.